The van der Waals surface area contributed by atoms with Crippen molar-refractivity contribution >= 4 is 31.6 Å². The van der Waals surface area contributed by atoms with Crippen LogP contribution in [-0.2, 0) is 10.0 Å². The fourth-order valence-electron chi connectivity index (χ4n) is 3.21. The lowest BCUT2D eigenvalue weighted by Crippen LogP contribution is -2.39. The predicted molar refractivity (Wildman–Crippen MR) is 96.7 cm³/mol. The van der Waals surface area contributed by atoms with E-state index in [4.69, 9.17) is 0 Å². The summed E-state index contributed by atoms with van der Waals surface area (Å²) in [5.74, 6) is -2.22. The van der Waals surface area contributed by atoms with Gasteiger partial charge in [0, 0.05) is 19.0 Å². The Balaban J connectivity index is 1.62. The number of sulfonamides is 1. The number of hydrogen-bond acceptors (Lipinski definition) is 4. The van der Waals surface area contributed by atoms with Crippen molar-refractivity contribution < 1.29 is 17.2 Å². The van der Waals surface area contributed by atoms with Gasteiger partial charge < -0.3 is 0 Å². The molecule has 8 heteroatoms. The van der Waals surface area contributed by atoms with Crippen LogP contribution in [-0.4, -0.2) is 30.8 Å². The van der Waals surface area contributed by atoms with Crippen LogP contribution < -0.4 is 0 Å². The Bertz CT molecular complexity index is 1030. The van der Waals surface area contributed by atoms with E-state index in [2.05, 4.69) is 4.98 Å². The van der Waals surface area contributed by atoms with Crippen molar-refractivity contribution in [2.24, 2.45) is 0 Å². The molecule has 1 atom stereocenters. The van der Waals surface area contributed by atoms with Gasteiger partial charge >= 0.3 is 0 Å². The molecule has 0 bridgehead atoms. The summed E-state index contributed by atoms with van der Waals surface area (Å²) >= 11 is 1.57. The van der Waals surface area contributed by atoms with Crippen LogP contribution in [0.15, 0.2) is 47.4 Å². The van der Waals surface area contributed by atoms with Gasteiger partial charge in [-0.05, 0) is 43.2 Å². The fourth-order valence-corrected chi connectivity index (χ4v) is 5.84. The van der Waals surface area contributed by atoms with E-state index in [0.29, 0.717) is 19.5 Å². The number of aromatic nitrogens is 1. The molecule has 1 fully saturated rings. The van der Waals surface area contributed by atoms with Crippen molar-refractivity contribution in [1.29, 1.82) is 0 Å². The number of halogens is 2. The van der Waals surface area contributed by atoms with E-state index < -0.39 is 21.7 Å². The molecule has 4 nitrogen and oxygen atoms in total. The minimum absolute atomic E-state index is 0.00113. The summed E-state index contributed by atoms with van der Waals surface area (Å²) in [6.07, 6.45) is 1.55. The Labute approximate surface area is 154 Å². The predicted octanol–water partition coefficient (Wildman–Crippen LogP) is 4.14. The third kappa shape index (κ3) is 3.13. The number of piperidine rings is 1. The van der Waals surface area contributed by atoms with Crippen molar-refractivity contribution in [1.82, 2.24) is 9.29 Å². The van der Waals surface area contributed by atoms with Gasteiger partial charge in [-0.1, -0.05) is 12.1 Å². The molecular weight excluding hydrogens is 378 g/mol. The second kappa shape index (κ2) is 6.68. The monoisotopic (exact) mass is 394 g/mol. The molecule has 1 aromatic heterocycles. The van der Waals surface area contributed by atoms with Crippen LogP contribution in [0.4, 0.5) is 8.78 Å². The van der Waals surface area contributed by atoms with Gasteiger partial charge in [0.15, 0.2) is 11.6 Å². The van der Waals surface area contributed by atoms with E-state index in [1.165, 1.54) is 4.31 Å². The molecular formula is C18H16F2N2O2S2. The molecule has 0 spiro atoms. The topological polar surface area (TPSA) is 50.3 Å². The van der Waals surface area contributed by atoms with Gasteiger partial charge in [-0.2, -0.15) is 4.31 Å². The van der Waals surface area contributed by atoms with Crippen molar-refractivity contribution in [2.45, 2.75) is 23.7 Å². The highest BCUT2D eigenvalue weighted by Crippen LogP contribution is 2.34. The van der Waals surface area contributed by atoms with Gasteiger partial charge in [0.05, 0.1) is 20.1 Å². The average molecular weight is 394 g/mol. The molecule has 26 heavy (non-hydrogen) atoms. The lowest BCUT2D eigenvalue weighted by molar-refractivity contribution is 0.315. The van der Waals surface area contributed by atoms with Crippen LogP contribution >= 0.6 is 11.3 Å². The SMILES string of the molecule is O=S(=O)(c1ccc(F)c(F)c1)N1CCCC(c2nc3ccccc3s2)C1. The lowest BCUT2D eigenvalue weighted by Gasteiger charge is -2.31. The number of benzene rings is 2. The van der Waals surface area contributed by atoms with Gasteiger partial charge in [0.1, 0.15) is 0 Å². The van der Waals surface area contributed by atoms with E-state index in [9.17, 15) is 17.2 Å². The summed E-state index contributed by atoms with van der Waals surface area (Å²) in [6, 6.07) is 10.5. The lowest BCUT2D eigenvalue weighted by atomic mass is 10.0. The Hall–Kier alpha value is -1.90. The standard InChI is InChI=1S/C18H16F2N2O2S2/c19-14-8-7-13(10-15(14)20)26(23,24)22-9-3-4-12(11-22)18-21-16-5-1-2-6-17(16)25-18/h1-2,5-8,10,12H,3-4,9,11H2. The van der Waals surface area contributed by atoms with Gasteiger partial charge in [-0.15, -0.1) is 11.3 Å². The largest absolute Gasteiger partial charge is 0.243 e. The van der Waals surface area contributed by atoms with Crippen molar-refractivity contribution in [3.8, 4) is 0 Å². The summed E-state index contributed by atoms with van der Waals surface area (Å²) in [5, 5.41) is 0.913. The summed E-state index contributed by atoms with van der Waals surface area (Å²) in [6.45, 7) is 0.657. The quantitative estimate of drug-likeness (QED) is 0.671. The molecule has 3 aromatic rings. The first-order chi connectivity index (χ1) is 12.4. The summed E-state index contributed by atoms with van der Waals surface area (Å²) < 4.78 is 54.7. The minimum atomic E-state index is -3.87. The fraction of sp³-hybridized carbons (Fsp3) is 0.278. The van der Waals surface area contributed by atoms with Crippen LogP contribution in [0.3, 0.4) is 0 Å². The summed E-state index contributed by atoms with van der Waals surface area (Å²) in [4.78, 5) is 4.42. The van der Waals surface area contributed by atoms with E-state index >= 15 is 0 Å². The van der Waals surface area contributed by atoms with E-state index in [-0.39, 0.29) is 10.8 Å². The molecule has 4 rings (SSSR count). The first-order valence-corrected chi connectivity index (χ1v) is 10.5. The molecule has 0 N–H and O–H groups in total. The molecule has 0 aliphatic carbocycles. The summed E-state index contributed by atoms with van der Waals surface area (Å²) in [5.41, 5.74) is 0.910. The minimum Gasteiger partial charge on any atom is -0.241 e. The molecule has 1 unspecified atom stereocenters. The van der Waals surface area contributed by atoms with Crippen molar-refractivity contribution in [2.75, 3.05) is 13.1 Å². The highest BCUT2D eigenvalue weighted by molar-refractivity contribution is 7.89. The van der Waals surface area contributed by atoms with Crippen LogP contribution in [0.2, 0.25) is 0 Å². The van der Waals surface area contributed by atoms with Crippen LogP contribution in [0, 0.1) is 11.6 Å². The Morgan fingerprint density at radius 3 is 2.69 bits per heavy atom. The first kappa shape index (κ1) is 17.5. The molecule has 2 heterocycles. The maximum Gasteiger partial charge on any atom is 0.243 e. The maximum atomic E-state index is 13.5. The maximum absolute atomic E-state index is 13.5. The molecule has 0 saturated carbocycles. The van der Waals surface area contributed by atoms with E-state index in [0.717, 1.165) is 39.8 Å². The number of rotatable bonds is 3. The van der Waals surface area contributed by atoms with Crippen molar-refractivity contribution in [3.05, 3.63) is 59.1 Å². The average Bonchev–Trinajstić information content (AvgIpc) is 3.08. The number of nitrogens with zero attached hydrogens (tertiary/aromatic N) is 2. The molecule has 2 aromatic carbocycles. The molecule has 1 aliphatic heterocycles. The van der Waals surface area contributed by atoms with Crippen LogP contribution in [0.1, 0.15) is 23.8 Å². The number of thiazole rings is 1. The second-order valence-corrected chi connectivity index (χ2v) is 9.30. The summed E-state index contributed by atoms with van der Waals surface area (Å²) in [7, 11) is -3.87. The van der Waals surface area contributed by atoms with E-state index in [1.54, 1.807) is 11.3 Å². The molecule has 136 valence electrons. The highest BCUT2D eigenvalue weighted by atomic mass is 32.2. The van der Waals surface area contributed by atoms with Gasteiger partial charge in [0.2, 0.25) is 10.0 Å². The molecule has 0 radical (unpaired) electrons. The van der Waals surface area contributed by atoms with Gasteiger partial charge in [-0.25, -0.2) is 22.2 Å². The van der Waals surface area contributed by atoms with Gasteiger partial charge in [0.25, 0.3) is 0 Å². The zero-order chi connectivity index (χ0) is 18.3. The molecule has 0 amide bonds. The third-order valence-corrected chi connectivity index (χ3v) is 7.63. The number of fused-ring (bicyclic) bond motifs is 1. The number of hydrogen-bond donors (Lipinski definition) is 0. The number of para-hydroxylation sites is 1. The Morgan fingerprint density at radius 1 is 1.12 bits per heavy atom. The van der Waals surface area contributed by atoms with Crippen LogP contribution in [0.25, 0.3) is 10.2 Å². The zero-order valence-corrected chi connectivity index (χ0v) is 15.4. The molecule has 1 saturated heterocycles. The molecule has 1 aliphatic rings. The normalized spacial score (nSPS) is 19.1. The Morgan fingerprint density at radius 2 is 1.92 bits per heavy atom. The van der Waals surface area contributed by atoms with Crippen molar-refractivity contribution in [3.63, 3.8) is 0 Å². The third-order valence-electron chi connectivity index (χ3n) is 4.57. The first-order valence-electron chi connectivity index (χ1n) is 8.26. The highest BCUT2D eigenvalue weighted by Gasteiger charge is 2.32. The van der Waals surface area contributed by atoms with Crippen LogP contribution in [0.5, 0.6) is 0 Å². The van der Waals surface area contributed by atoms with Gasteiger partial charge in [-0.3, -0.25) is 0 Å². The Kier molecular flexibility index (Phi) is 4.50. The second-order valence-electron chi connectivity index (χ2n) is 6.30. The van der Waals surface area contributed by atoms with E-state index in [1.807, 2.05) is 24.3 Å². The smallest absolute Gasteiger partial charge is 0.241 e. The zero-order valence-electron chi connectivity index (χ0n) is 13.7.